The summed E-state index contributed by atoms with van der Waals surface area (Å²) >= 11 is 0. The first-order chi connectivity index (χ1) is 14.3. The molecule has 30 heavy (non-hydrogen) atoms. The maximum absolute atomic E-state index is 12.7. The fourth-order valence-electron chi connectivity index (χ4n) is 3.57. The molecular weight excluding hydrogens is 380 g/mol. The van der Waals surface area contributed by atoms with E-state index >= 15 is 0 Å². The first-order valence-corrected chi connectivity index (χ1v) is 10.2. The summed E-state index contributed by atoms with van der Waals surface area (Å²) in [6.07, 6.45) is 1.07. The van der Waals surface area contributed by atoms with E-state index in [4.69, 9.17) is 4.74 Å². The monoisotopic (exact) mass is 408 g/mol. The second-order valence-corrected chi connectivity index (χ2v) is 7.84. The molecule has 6 nitrogen and oxygen atoms in total. The van der Waals surface area contributed by atoms with Gasteiger partial charge >= 0.3 is 5.97 Å². The highest BCUT2D eigenvalue weighted by Gasteiger charge is 2.29. The second kappa shape index (κ2) is 9.57. The van der Waals surface area contributed by atoms with Crippen LogP contribution in [0.3, 0.4) is 0 Å². The van der Waals surface area contributed by atoms with Crippen molar-refractivity contribution in [2.24, 2.45) is 5.92 Å². The maximum Gasteiger partial charge on any atom is 0.309 e. The van der Waals surface area contributed by atoms with Gasteiger partial charge in [-0.05, 0) is 68.5 Å². The fourth-order valence-corrected chi connectivity index (χ4v) is 3.57. The van der Waals surface area contributed by atoms with Gasteiger partial charge in [-0.1, -0.05) is 24.3 Å². The summed E-state index contributed by atoms with van der Waals surface area (Å²) in [5.74, 6) is -1.04. The minimum Gasteiger partial charge on any atom is -0.455 e. The maximum atomic E-state index is 12.7. The Morgan fingerprint density at radius 3 is 2.33 bits per heavy atom. The zero-order valence-electron chi connectivity index (χ0n) is 17.7. The molecule has 1 fully saturated rings. The number of aryl methyl sites for hydroxylation is 3. The number of ether oxygens (including phenoxy) is 1. The summed E-state index contributed by atoms with van der Waals surface area (Å²) in [4.78, 5) is 38.9. The van der Waals surface area contributed by atoms with Gasteiger partial charge in [0.1, 0.15) is 0 Å². The summed E-state index contributed by atoms with van der Waals surface area (Å²) in [6, 6.07) is 13.1. The van der Waals surface area contributed by atoms with E-state index in [1.54, 1.807) is 4.90 Å². The molecule has 3 rings (SSSR count). The molecule has 158 valence electrons. The van der Waals surface area contributed by atoms with Gasteiger partial charge in [0.25, 0.3) is 11.8 Å². The zero-order valence-corrected chi connectivity index (χ0v) is 17.7. The van der Waals surface area contributed by atoms with E-state index in [9.17, 15) is 14.4 Å². The van der Waals surface area contributed by atoms with E-state index in [1.807, 2.05) is 63.2 Å². The molecule has 0 spiro atoms. The Balaban J connectivity index is 1.45. The molecule has 2 aromatic rings. The average Bonchev–Trinajstić information content (AvgIpc) is 2.74. The topological polar surface area (TPSA) is 75.7 Å². The van der Waals surface area contributed by atoms with Crippen molar-refractivity contribution >= 4 is 23.5 Å². The molecule has 1 heterocycles. The zero-order chi connectivity index (χ0) is 21.7. The van der Waals surface area contributed by atoms with E-state index in [0.717, 1.165) is 16.7 Å². The van der Waals surface area contributed by atoms with Gasteiger partial charge in [0.05, 0.1) is 5.92 Å². The first-order valence-electron chi connectivity index (χ1n) is 10.2. The standard InChI is InChI=1S/C24H28N2O4/c1-16-8-9-20(14-18(16)3)25-22(27)15-30-24(29)19-10-12-26(13-11-19)23(28)21-7-5-4-6-17(21)2/h4-9,14,19H,10-13,15H2,1-3H3,(H,25,27). The van der Waals surface area contributed by atoms with E-state index < -0.39 is 0 Å². The lowest BCUT2D eigenvalue weighted by atomic mass is 9.96. The van der Waals surface area contributed by atoms with Crippen LogP contribution in [0.1, 0.15) is 39.9 Å². The highest BCUT2D eigenvalue weighted by Crippen LogP contribution is 2.21. The Kier molecular flexibility index (Phi) is 6.87. The van der Waals surface area contributed by atoms with Crippen molar-refractivity contribution < 1.29 is 19.1 Å². The summed E-state index contributed by atoms with van der Waals surface area (Å²) in [5.41, 5.74) is 4.55. The molecule has 1 aliphatic rings. The summed E-state index contributed by atoms with van der Waals surface area (Å²) < 4.78 is 5.21. The Morgan fingerprint density at radius 2 is 1.67 bits per heavy atom. The number of carbonyl (C=O) groups is 3. The number of nitrogens with zero attached hydrogens (tertiary/aromatic N) is 1. The van der Waals surface area contributed by atoms with Gasteiger partial charge < -0.3 is 15.0 Å². The number of benzene rings is 2. The third-order valence-corrected chi connectivity index (χ3v) is 5.63. The number of rotatable bonds is 5. The molecule has 0 unspecified atom stereocenters. The van der Waals surface area contributed by atoms with Crippen LogP contribution in [0.4, 0.5) is 5.69 Å². The Hall–Kier alpha value is -3.15. The second-order valence-electron chi connectivity index (χ2n) is 7.84. The molecule has 2 aromatic carbocycles. The van der Waals surface area contributed by atoms with Gasteiger partial charge in [-0.3, -0.25) is 14.4 Å². The Morgan fingerprint density at radius 1 is 0.967 bits per heavy atom. The van der Waals surface area contributed by atoms with Crippen LogP contribution in [0.25, 0.3) is 0 Å². The van der Waals surface area contributed by atoms with Crippen LogP contribution in [0.15, 0.2) is 42.5 Å². The van der Waals surface area contributed by atoms with E-state index in [0.29, 0.717) is 37.2 Å². The van der Waals surface area contributed by atoms with Gasteiger partial charge in [0.2, 0.25) is 0 Å². The van der Waals surface area contributed by atoms with Gasteiger partial charge in [-0.2, -0.15) is 0 Å². The van der Waals surface area contributed by atoms with Crippen LogP contribution in [0.5, 0.6) is 0 Å². The van der Waals surface area contributed by atoms with Crippen molar-refractivity contribution in [2.45, 2.75) is 33.6 Å². The van der Waals surface area contributed by atoms with E-state index in [-0.39, 0.29) is 30.3 Å². The highest BCUT2D eigenvalue weighted by atomic mass is 16.5. The quantitative estimate of drug-likeness (QED) is 0.767. The third kappa shape index (κ3) is 5.26. The number of likely N-dealkylation sites (tertiary alicyclic amines) is 1. The molecule has 1 saturated heterocycles. The number of amides is 2. The minimum atomic E-state index is -0.381. The normalized spacial score (nSPS) is 14.3. The molecule has 1 aliphatic heterocycles. The number of nitrogens with one attached hydrogen (secondary N) is 1. The van der Waals surface area contributed by atoms with Crippen LogP contribution in [-0.4, -0.2) is 42.4 Å². The third-order valence-electron chi connectivity index (χ3n) is 5.63. The van der Waals surface area contributed by atoms with E-state index in [1.165, 1.54) is 0 Å². The summed E-state index contributed by atoms with van der Waals surface area (Å²) in [6.45, 7) is 6.59. The number of hydrogen-bond acceptors (Lipinski definition) is 4. The van der Waals surface area contributed by atoms with E-state index in [2.05, 4.69) is 5.32 Å². The van der Waals surface area contributed by atoms with Crippen LogP contribution in [-0.2, 0) is 14.3 Å². The molecule has 0 aromatic heterocycles. The largest absolute Gasteiger partial charge is 0.455 e. The highest BCUT2D eigenvalue weighted by molar-refractivity contribution is 5.96. The predicted molar refractivity (Wildman–Crippen MR) is 115 cm³/mol. The molecule has 0 saturated carbocycles. The lowest BCUT2D eigenvalue weighted by molar-refractivity contribution is -0.152. The van der Waals surface area contributed by atoms with Gasteiger partial charge in [0.15, 0.2) is 6.61 Å². The predicted octanol–water partition coefficient (Wildman–Crippen LogP) is 3.65. The average molecular weight is 408 g/mol. The van der Waals surface area contributed by atoms with Crippen LogP contribution in [0.2, 0.25) is 0 Å². The summed E-state index contributed by atoms with van der Waals surface area (Å²) in [5, 5.41) is 2.74. The Labute approximate surface area is 177 Å². The minimum absolute atomic E-state index is 0.00677. The molecule has 6 heteroatoms. The van der Waals surface area contributed by atoms with Gasteiger partial charge in [-0.25, -0.2) is 0 Å². The number of esters is 1. The lowest BCUT2D eigenvalue weighted by Gasteiger charge is -2.31. The van der Waals surface area contributed by atoms with Gasteiger partial charge in [0, 0.05) is 24.3 Å². The van der Waals surface area contributed by atoms with Crippen molar-refractivity contribution in [2.75, 3.05) is 25.0 Å². The van der Waals surface area contributed by atoms with Crippen molar-refractivity contribution in [3.8, 4) is 0 Å². The molecule has 0 aliphatic carbocycles. The van der Waals surface area contributed by atoms with Crippen molar-refractivity contribution in [3.63, 3.8) is 0 Å². The first kappa shape index (κ1) is 21.6. The van der Waals surface area contributed by atoms with Crippen LogP contribution < -0.4 is 5.32 Å². The molecule has 0 bridgehead atoms. The molecule has 0 radical (unpaired) electrons. The van der Waals surface area contributed by atoms with Crippen molar-refractivity contribution in [1.29, 1.82) is 0 Å². The number of anilines is 1. The van der Waals surface area contributed by atoms with Crippen molar-refractivity contribution in [3.05, 3.63) is 64.7 Å². The molecular formula is C24H28N2O4. The smallest absolute Gasteiger partial charge is 0.309 e. The summed E-state index contributed by atoms with van der Waals surface area (Å²) in [7, 11) is 0. The number of hydrogen-bond donors (Lipinski definition) is 1. The molecule has 0 atom stereocenters. The number of piperidine rings is 1. The van der Waals surface area contributed by atoms with Crippen LogP contribution in [0, 0.1) is 26.7 Å². The SMILES string of the molecule is Cc1ccc(NC(=O)COC(=O)C2CCN(C(=O)c3ccccc3C)CC2)cc1C. The van der Waals surface area contributed by atoms with Gasteiger partial charge in [-0.15, -0.1) is 0 Å². The van der Waals surface area contributed by atoms with Crippen molar-refractivity contribution in [1.82, 2.24) is 4.90 Å². The van der Waals surface area contributed by atoms with Crippen LogP contribution >= 0.6 is 0 Å². The molecule has 2 amide bonds. The lowest BCUT2D eigenvalue weighted by Crippen LogP contribution is -2.41. The Bertz CT molecular complexity index is 946. The molecule has 1 N–H and O–H groups in total. The number of carbonyl (C=O) groups excluding carboxylic acids is 3. The fraction of sp³-hybridized carbons (Fsp3) is 0.375.